The van der Waals surface area contributed by atoms with Gasteiger partial charge in [-0.05, 0) is 18.9 Å². The van der Waals surface area contributed by atoms with Crippen LogP contribution in [0.5, 0.6) is 0 Å². The van der Waals surface area contributed by atoms with E-state index >= 15 is 0 Å². The van der Waals surface area contributed by atoms with E-state index in [9.17, 15) is 4.79 Å². The Bertz CT molecular complexity index is 429. The molecule has 0 saturated carbocycles. The number of aliphatic hydroxyl groups excluding tert-OH is 1. The van der Waals surface area contributed by atoms with Crippen molar-refractivity contribution < 1.29 is 9.90 Å². The van der Waals surface area contributed by atoms with Gasteiger partial charge in [0.25, 0.3) is 5.91 Å². The van der Waals surface area contributed by atoms with Crippen molar-refractivity contribution in [1.82, 2.24) is 9.47 Å². The van der Waals surface area contributed by atoms with Gasteiger partial charge in [-0.3, -0.25) is 4.79 Å². The van der Waals surface area contributed by atoms with Crippen molar-refractivity contribution in [2.45, 2.75) is 45.4 Å². The van der Waals surface area contributed by atoms with Crippen molar-refractivity contribution in [1.29, 1.82) is 0 Å². The number of nitrogen functional groups attached to an aromatic ring is 1. The number of nitrogens with two attached hydrogens (primary N) is 1. The quantitative estimate of drug-likeness (QED) is 0.651. The zero-order chi connectivity index (χ0) is 15.7. The first-order valence-electron chi connectivity index (χ1n) is 7.92. The number of anilines is 1. The maximum absolute atomic E-state index is 12.6. The van der Waals surface area contributed by atoms with Gasteiger partial charge in [0.15, 0.2) is 0 Å². The Kier molecular flexibility index (Phi) is 7.90. The maximum atomic E-state index is 12.6. The van der Waals surface area contributed by atoms with Crippen LogP contribution in [0.3, 0.4) is 0 Å². The minimum absolute atomic E-state index is 0.00172. The molecule has 3 N–H and O–H groups in total. The molecule has 1 amide bonds. The molecule has 0 aliphatic carbocycles. The molecule has 21 heavy (non-hydrogen) atoms. The van der Waals surface area contributed by atoms with E-state index in [1.54, 1.807) is 16.8 Å². The molecule has 1 rings (SSSR count). The highest BCUT2D eigenvalue weighted by molar-refractivity contribution is 5.93. The van der Waals surface area contributed by atoms with Gasteiger partial charge in [0, 0.05) is 32.9 Å². The smallest absolute Gasteiger partial charge is 0.270 e. The Labute approximate surface area is 127 Å². The van der Waals surface area contributed by atoms with Gasteiger partial charge in [-0.15, -0.1) is 0 Å². The Morgan fingerprint density at radius 1 is 1.24 bits per heavy atom. The third-order valence-corrected chi connectivity index (χ3v) is 3.65. The average Bonchev–Trinajstić information content (AvgIpc) is 2.80. The molecule has 120 valence electrons. The largest absolute Gasteiger partial charge is 0.397 e. The number of hydrogen-bond donors (Lipinski definition) is 2. The van der Waals surface area contributed by atoms with Gasteiger partial charge in [-0.2, -0.15) is 0 Å². The highest BCUT2D eigenvalue weighted by atomic mass is 16.3. The first kappa shape index (κ1) is 17.6. The minimum atomic E-state index is -0.00172. The average molecular weight is 295 g/mol. The molecule has 1 heterocycles. The zero-order valence-corrected chi connectivity index (χ0v) is 13.3. The Balaban J connectivity index is 2.59. The molecule has 0 bridgehead atoms. The van der Waals surface area contributed by atoms with Crippen LogP contribution in [0, 0.1) is 0 Å². The lowest BCUT2D eigenvalue weighted by atomic mass is 10.1. The van der Waals surface area contributed by atoms with Crippen molar-refractivity contribution >= 4 is 11.6 Å². The van der Waals surface area contributed by atoms with Crippen LogP contribution in [0.25, 0.3) is 0 Å². The van der Waals surface area contributed by atoms with Crippen LogP contribution in [-0.2, 0) is 7.05 Å². The van der Waals surface area contributed by atoms with Crippen molar-refractivity contribution in [2.75, 3.05) is 25.4 Å². The molecular formula is C16H29N3O2. The van der Waals surface area contributed by atoms with Crippen LogP contribution in [0.2, 0.25) is 0 Å². The molecule has 0 fully saturated rings. The molecule has 1 aromatic heterocycles. The predicted molar refractivity (Wildman–Crippen MR) is 86.2 cm³/mol. The van der Waals surface area contributed by atoms with Crippen LogP contribution >= 0.6 is 0 Å². The third-order valence-electron chi connectivity index (χ3n) is 3.65. The molecule has 5 heteroatoms. The topological polar surface area (TPSA) is 71.5 Å². The van der Waals surface area contributed by atoms with Gasteiger partial charge in [0.05, 0.1) is 5.69 Å². The maximum Gasteiger partial charge on any atom is 0.270 e. The molecule has 1 aromatic rings. The summed E-state index contributed by atoms with van der Waals surface area (Å²) in [6.07, 6.45) is 8.20. The SMILES string of the molecule is CCCCCCCN(CCCO)C(=O)c1cc(N)cn1C. The summed E-state index contributed by atoms with van der Waals surface area (Å²) in [4.78, 5) is 14.4. The zero-order valence-electron chi connectivity index (χ0n) is 13.3. The number of aryl methyl sites for hydroxylation is 1. The van der Waals surface area contributed by atoms with Crippen LogP contribution in [0.15, 0.2) is 12.3 Å². The van der Waals surface area contributed by atoms with E-state index in [1.165, 1.54) is 19.3 Å². The summed E-state index contributed by atoms with van der Waals surface area (Å²) in [5.41, 5.74) is 6.95. The van der Waals surface area contributed by atoms with Crippen molar-refractivity contribution in [3.63, 3.8) is 0 Å². The molecular weight excluding hydrogens is 266 g/mol. The normalized spacial score (nSPS) is 10.8. The highest BCUT2D eigenvalue weighted by Gasteiger charge is 2.18. The highest BCUT2D eigenvalue weighted by Crippen LogP contribution is 2.13. The monoisotopic (exact) mass is 295 g/mol. The van der Waals surface area contributed by atoms with Gasteiger partial charge in [-0.1, -0.05) is 32.6 Å². The predicted octanol–water partition coefficient (Wildman–Crippen LogP) is 2.40. The second-order valence-corrected chi connectivity index (χ2v) is 5.55. The van der Waals surface area contributed by atoms with Gasteiger partial charge in [-0.25, -0.2) is 0 Å². The molecule has 0 aliphatic rings. The first-order valence-corrected chi connectivity index (χ1v) is 7.92. The number of nitrogens with zero attached hydrogens (tertiary/aromatic N) is 2. The lowest BCUT2D eigenvalue weighted by Crippen LogP contribution is -2.34. The summed E-state index contributed by atoms with van der Waals surface area (Å²) >= 11 is 0. The van der Waals surface area contributed by atoms with E-state index in [0.29, 0.717) is 24.3 Å². The lowest BCUT2D eigenvalue weighted by molar-refractivity contribution is 0.0732. The van der Waals surface area contributed by atoms with Gasteiger partial charge in [0.1, 0.15) is 5.69 Å². The summed E-state index contributed by atoms with van der Waals surface area (Å²) in [6, 6.07) is 1.71. The summed E-state index contributed by atoms with van der Waals surface area (Å²) < 4.78 is 1.76. The fourth-order valence-corrected chi connectivity index (χ4v) is 2.45. The van der Waals surface area contributed by atoms with Gasteiger partial charge >= 0.3 is 0 Å². The number of aromatic nitrogens is 1. The van der Waals surface area contributed by atoms with Crippen molar-refractivity contribution in [3.8, 4) is 0 Å². The summed E-state index contributed by atoms with van der Waals surface area (Å²) in [5, 5.41) is 9.00. The summed E-state index contributed by atoms with van der Waals surface area (Å²) in [6.45, 7) is 3.63. The Hall–Kier alpha value is -1.49. The molecule has 0 aromatic carbocycles. The number of unbranched alkanes of at least 4 members (excludes halogenated alkanes) is 4. The fraction of sp³-hybridized carbons (Fsp3) is 0.688. The number of amides is 1. The Morgan fingerprint density at radius 3 is 2.48 bits per heavy atom. The fourth-order valence-electron chi connectivity index (χ4n) is 2.45. The molecule has 0 atom stereocenters. The van der Waals surface area contributed by atoms with Crippen LogP contribution in [0.4, 0.5) is 5.69 Å². The van der Waals surface area contributed by atoms with Crippen molar-refractivity contribution in [2.24, 2.45) is 7.05 Å². The van der Waals surface area contributed by atoms with Gasteiger partial charge in [0.2, 0.25) is 0 Å². The van der Waals surface area contributed by atoms with Crippen LogP contribution in [-0.4, -0.2) is 40.2 Å². The Morgan fingerprint density at radius 2 is 1.90 bits per heavy atom. The van der Waals surface area contributed by atoms with E-state index in [1.807, 2.05) is 11.9 Å². The molecule has 5 nitrogen and oxygen atoms in total. The lowest BCUT2D eigenvalue weighted by Gasteiger charge is -2.22. The second kappa shape index (κ2) is 9.45. The second-order valence-electron chi connectivity index (χ2n) is 5.55. The first-order chi connectivity index (χ1) is 10.1. The molecule has 0 unspecified atom stereocenters. The van der Waals surface area contributed by atoms with E-state index in [2.05, 4.69) is 6.92 Å². The number of carbonyl (C=O) groups is 1. The number of rotatable bonds is 10. The van der Waals surface area contributed by atoms with E-state index in [0.717, 1.165) is 19.4 Å². The van der Waals surface area contributed by atoms with E-state index < -0.39 is 0 Å². The third kappa shape index (κ3) is 5.79. The van der Waals surface area contributed by atoms with Crippen LogP contribution in [0.1, 0.15) is 55.9 Å². The minimum Gasteiger partial charge on any atom is -0.397 e. The van der Waals surface area contributed by atoms with E-state index in [4.69, 9.17) is 10.8 Å². The molecule has 0 saturated heterocycles. The van der Waals surface area contributed by atoms with Crippen LogP contribution < -0.4 is 5.73 Å². The van der Waals surface area contributed by atoms with Crippen molar-refractivity contribution in [3.05, 3.63) is 18.0 Å². The summed E-state index contributed by atoms with van der Waals surface area (Å²) in [5.74, 6) is -0.00172. The molecule has 0 aliphatic heterocycles. The number of hydrogen-bond acceptors (Lipinski definition) is 3. The molecule has 0 radical (unpaired) electrons. The van der Waals surface area contributed by atoms with Gasteiger partial charge < -0.3 is 20.3 Å². The standard InChI is InChI=1S/C16H29N3O2/c1-3-4-5-6-7-9-19(10-8-11-20)16(21)15-12-14(17)13-18(15)2/h12-13,20H,3-11,17H2,1-2H3. The molecule has 0 spiro atoms. The summed E-state index contributed by atoms with van der Waals surface area (Å²) in [7, 11) is 1.83. The van der Waals surface area contributed by atoms with E-state index in [-0.39, 0.29) is 12.5 Å². The number of aliphatic hydroxyl groups is 1. The number of carbonyl (C=O) groups excluding carboxylic acids is 1.